The van der Waals surface area contributed by atoms with E-state index in [4.69, 9.17) is 32.7 Å². The molecule has 0 fully saturated rings. The van der Waals surface area contributed by atoms with E-state index < -0.39 is 0 Å². The number of halogens is 3. The van der Waals surface area contributed by atoms with Crippen molar-refractivity contribution in [2.24, 2.45) is 5.92 Å². The van der Waals surface area contributed by atoms with Crippen LogP contribution in [-0.4, -0.2) is 32.5 Å². The summed E-state index contributed by atoms with van der Waals surface area (Å²) in [5.41, 5.74) is 2.50. The predicted octanol–water partition coefficient (Wildman–Crippen LogP) is 3.41. The Morgan fingerprint density at radius 3 is 2.35 bits per heavy atom. The third kappa shape index (κ3) is 3.45. The Balaban J connectivity index is 0.00000200. The molecule has 0 radical (unpaired) electrons. The van der Waals surface area contributed by atoms with E-state index in [9.17, 15) is 0 Å². The van der Waals surface area contributed by atoms with Gasteiger partial charge in [-0.1, -0.05) is 0 Å². The Kier molecular flexibility index (Phi) is 7.24. The highest BCUT2D eigenvalue weighted by Crippen LogP contribution is 2.38. The van der Waals surface area contributed by atoms with E-state index in [1.165, 1.54) is 11.1 Å². The number of benzene rings is 1. The average molecular weight is 341 g/mol. The van der Waals surface area contributed by atoms with Crippen molar-refractivity contribution in [3.05, 3.63) is 23.3 Å². The van der Waals surface area contributed by atoms with E-state index >= 15 is 0 Å². The van der Waals surface area contributed by atoms with Crippen LogP contribution in [0.25, 0.3) is 0 Å². The molecule has 0 saturated heterocycles. The van der Waals surface area contributed by atoms with Crippen molar-refractivity contribution in [2.45, 2.75) is 12.5 Å². The van der Waals surface area contributed by atoms with E-state index in [0.717, 1.165) is 24.5 Å². The van der Waals surface area contributed by atoms with E-state index in [0.29, 0.717) is 11.8 Å². The Hall–Kier alpha value is -0.350. The molecule has 2 rings (SSSR count). The fraction of sp³-hybridized carbons (Fsp3) is 0.571. The van der Waals surface area contributed by atoms with Crippen molar-refractivity contribution in [1.29, 1.82) is 0 Å². The second kappa shape index (κ2) is 8.18. The number of methoxy groups -OCH3 is 2. The Labute approximate surface area is 136 Å². The Morgan fingerprint density at radius 1 is 1.20 bits per heavy atom. The van der Waals surface area contributed by atoms with Crippen molar-refractivity contribution in [3.8, 4) is 11.5 Å². The minimum absolute atomic E-state index is 0. The van der Waals surface area contributed by atoms with Gasteiger partial charge < -0.3 is 14.8 Å². The van der Waals surface area contributed by atoms with Crippen LogP contribution in [0, 0.1) is 5.92 Å². The van der Waals surface area contributed by atoms with Gasteiger partial charge >= 0.3 is 0 Å². The fourth-order valence-electron chi connectivity index (χ4n) is 2.56. The lowest BCUT2D eigenvalue weighted by Crippen LogP contribution is -2.36. The summed E-state index contributed by atoms with van der Waals surface area (Å²) in [7, 11) is 3.30. The van der Waals surface area contributed by atoms with Gasteiger partial charge in [-0.15, -0.1) is 35.6 Å². The molecule has 1 unspecified atom stereocenters. The molecule has 20 heavy (non-hydrogen) atoms. The molecule has 3 nitrogen and oxygen atoms in total. The minimum Gasteiger partial charge on any atom is -0.493 e. The summed E-state index contributed by atoms with van der Waals surface area (Å²) in [6, 6.07) is 4.28. The van der Waals surface area contributed by atoms with E-state index in [1.807, 2.05) is 6.07 Å². The number of hydrogen-bond donors (Lipinski definition) is 1. The van der Waals surface area contributed by atoms with Crippen molar-refractivity contribution >= 4 is 35.6 Å². The highest BCUT2D eigenvalue weighted by Gasteiger charge is 2.28. The third-order valence-corrected chi connectivity index (χ3v) is 4.40. The van der Waals surface area contributed by atoms with Crippen molar-refractivity contribution in [2.75, 3.05) is 32.5 Å². The van der Waals surface area contributed by atoms with Gasteiger partial charge in [0.1, 0.15) is 0 Å². The molecule has 6 heteroatoms. The molecule has 1 heterocycles. The molecule has 0 amide bonds. The van der Waals surface area contributed by atoms with Gasteiger partial charge in [0.05, 0.1) is 14.2 Å². The van der Waals surface area contributed by atoms with Crippen LogP contribution in [0.5, 0.6) is 11.5 Å². The molecule has 1 N–H and O–H groups in total. The van der Waals surface area contributed by atoms with Gasteiger partial charge in [-0.3, -0.25) is 0 Å². The second-order valence-electron chi connectivity index (χ2n) is 4.66. The zero-order valence-electron chi connectivity index (χ0n) is 11.6. The molecular weight excluding hydrogens is 321 g/mol. The first kappa shape index (κ1) is 17.7. The first-order valence-electron chi connectivity index (χ1n) is 6.35. The van der Waals surface area contributed by atoms with Gasteiger partial charge in [0.2, 0.25) is 0 Å². The molecule has 1 aliphatic rings. The number of alkyl halides is 2. The molecular formula is C14H20Cl3NO2. The van der Waals surface area contributed by atoms with E-state index in [-0.39, 0.29) is 24.4 Å². The molecule has 0 spiro atoms. The number of rotatable bonds is 5. The van der Waals surface area contributed by atoms with Crippen LogP contribution >= 0.6 is 35.6 Å². The summed E-state index contributed by atoms with van der Waals surface area (Å²) >= 11 is 12.0. The molecule has 114 valence electrons. The smallest absolute Gasteiger partial charge is 0.161 e. The van der Waals surface area contributed by atoms with Gasteiger partial charge in [0, 0.05) is 23.7 Å². The van der Waals surface area contributed by atoms with Crippen LogP contribution in [0.3, 0.4) is 0 Å². The Morgan fingerprint density at radius 2 is 1.80 bits per heavy atom. The normalized spacial score (nSPS) is 17.4. The maximum Gasteiger partial charge on any atom is 0.161 e. The van der Waals surface area contributed by atoms with E-state index in [2.05, 4.69) is 11.4 Å². The molecule has 1 aromatic carbocycles. The second-order valence-corrected chi connectivity index (χ2v) is 5.27. The fourth-order valence-corrected chi connectivity index (χ4v) is 3.24. The maximum absolute atomic E-state index is 6.02. The highest BCUT2D eigenvalue weighted by molar-refractivity contribution is 6.20. The SMILES string of the molecule is COc1cc2c(cc1OC)C(C(CCl)CCl)NCC2.Cl. The van der Waals surface area contributed by atoms with Crippen LogP contribution in [0.2, 0.25) is 0 Å². The Bertz CT molecular complexity index is 439. The average Bonchev–Trinajstić information content (AvgIpc) is 2.47. The van der Waals surface area contributed by atoms with Gasteiger partial charge in [-0.05, 0) is 36.2 Å². The molecule has 1 aromatic rings. The number of hydrogen-bond acceptors (Lipinski definition) is 3. The third-order valence-electron chi connectivity index (χ3n) is 3.61. The van der Waals surface area contributed by atoms with Crippen LogP contribution in [0.4, 0.5) is 0 Å². The molecule has 0 aromatic heterocycles. The van der Waals surface area contributed by atoms with Crippen LogP contribution < -0.4 is 14.8 Å². The van der Waals surface area contributed by atoms with Crippen molar-refractivity contribution < 1.29 is 9.47 Å². The molecule has 0 saturated carbocycles. The summed E-state index contributed by atoms with van der Waals surface area (Å²) in [5.74, 6) is 2.80. The predicted molar refractivity (Wildman–Crippen MR) is 86.2 cm³/mol. The summed E-state index contributed by atoms with van der Waals surface area (Å²) in [6.07, 6.45) is 0.976. The summed E-state index contributed by atoms with van der Waals surface area (Å²) < 4.78 is 10.7. The zero-order valence-corrected chi connectivity index (χ0v) is 13.9. The number of nitrogens with one attached hydrogen (secondary N) is 1. The quantitative estimate of drug-likeness (QED) is 0.833. The monoisotopic (exact) mass is 339 g/mol. The standard InChI is InChI=1S/C14H19Cl2NO2.ClH/c1-18-12-5-9-3-4-17-14(10(7-15)8-16)11(9)6-13(12)19-2;/h5-6,10,14,17H,3-4,7-8H2,1-2H3;1H. The number of fused-ring (bicyclic) bond motifs is 1. The molecule has 0 aliphatic carbocycles. The molecule has 1 aliphatic heterocycles. The highest BCUT2D eigenvalue weighted by atomic mass is 35.5. The van der Waals surface area contributed by atoms with Gasteiger partial charge in [-0.25, -0.2) is 0 Å². The minimum atomic E-state index is 0. The first-order chi connectivity index (χ1) is 9.24. The van der Waals surface area contributed by atoms with Crippen LogP contribution in [-0.2, 0) is 6.42 Å². The topological polar surface area (TPSA) is 30.5 Å². The van der Waals surface area contributed by atoms with Gasteiger partial charge in [-0.2, -0.15) is 0 Å². The molecule has 1 atom stereocenters. The first-order valence-corrected chi connectivity index (χ1v) is 7.42. The largest absolute Gasteiger partial charge is 0.493 e. The van der Waals surface area contributed by atoms with Crippen molar-refractivity contribution in [1.82, 2.24) is 5.32 Å². The summed E-state index contributed by atoms with van der Waals surface area (Å²) in [4.78, 5) is 0. The van der Waals surface area contributed by atoms with Crippen LogP contribution in [0.1, 0.15) is 17.2 Å². The van der Waals surface area contributed by atoms with E-state index in [1.54, 1.807) is 14.2 Å². The maximum atomic E-state index is 6.02. The number of ether oxygens (including phenoxy) is 2. The van der Waals surface area contributed by atoms with Gasteiger partial charge in [0.25, 0.3) is 0 Å². The lowest BCUT2D eigenvalue weighted by molar-refractivity contribution is 0.348. The van der Waals surface area contributed by atoms with Crippen molar-refractivity contribution in [3.63, 3.8) is 0 Å². The van der Waals surface area contributed by atoms with Gasteiger partial charge in [0.15, 0.2) is 11.5 Å². The molecule has 0 bridgehead atoms. The summed E-state index contributed by atoms with van der Waals surface area (Å²) in [5, 5.41) is 3.50. The zero-order chi connectivity index (χ0) is 13.8. The lowest BCUT2D eigenvalue weighted by atomic mass is 9.87. The van der Waals surface area contributed by atoms with Crippen LogP contribution in [0.15, 0.2) is 12.1 Å². The lowest BCUT2D eigenvalue weighted by Gasteiger charge is -2.32. The summed E-state index contributed by atoms with van der Waals surface area (Å²) in [6.45, 7) is 0.928.